The van der Waals surface area contributed by atoms with Gasteiger partial charge in [-0.2, -0.15) is 0 Å². The molecule has 4 rings (SSSR count). The van der Waals surface area contributed by atoms with Gasteiger partial charge in [-0.05, 0) is 81.5 Å². The van der Waals surface area contributed by atoms with Gasteiger partial charge in [-0.25, -0.2) is 0 Å². The molecule has 3 fully saturated rings. The molecule has 0 N–H and O–H groups in total. The lowest BCUT2D eigenvalue weighted by Gasteiger charge is -2.31. The largest absolute Gasteiger partial charge is 0.497 e. The number of methoxy groups -OCH3 is 1. The number of hydrogen-bond donors (Lipinski definition) is 0. The van der Waals surface area contributed by atoms with E-state index in [2.05, 4.69) is 6.92 Å². The number of fused-ring (bicyclic) bond motifs is 1. The molecule has 6 heteroatoms. The van der Waals surface area contributed by atoms with Crippen molar-refractivity contribution in [1.82, 2.24) is 0 Å². The van der Waals surface area contributed by atoms with Crippen LogP contribution in [0.25, 0.3) is 0 Å². The molecule has 2 saturated carbocycles. The van der Waals surface area contributed by atoms with Gasteiger partial charge in [0.25, 0.3) is 0 Å². The molecule has 172 valence electrons. The molecule has 6 nitrogen and oxygen atoms in total. The van der Waals surface area contributed by atoms with E-state index in [0.717, 1.165) is 57.3 Å². The highest BCUT2D eigenvalue weighted by molar-refractivity contribution is 5.75. The van der Waals surface area contributed by atoms with Crippen LogP contribution in [0.4, 0.5) is 0 Å². The van der Waals surface area contributed by atoms with Crippen LogP contribution in [0.15, 0.2) is 24.3 Å². The van der Waals surface area contributed by atoms with Gasteiger partial charge in [0.1, 0.15) is 11.5 Å². The molecule has 1 aliphatic heterocycles. The summed E-state index contributed by atoms with van der Waals surface area (Å²) in [5, 5.41) is 0. The number of benzene rings is 1. The number of esters is 1. The van der Waals surface area contributed by atoms with Crippen LogP contribution in [0.2, 0.25) is 0 Å². The zero-order valence-electron chi connectivity index (χ0n) is 18.8. The Morgan fingerprint density at radius 2 is 1.77 bits per heavy atom. The first-order valence-corrected chi connectivity index (χ1v) is 11.9. The molecule has 0 spiro atoms. The fourth-order valence-electron chi connectivity index (χ4n) is 4.80. The molecular formula is C25H36O6. The third kappa shape index (κ3) is 6.43. The van der Waals surface area contributed by atoms with Crippen LogP contribution in [-0.2, 0) is 19.0 Å². The van der Waals surface area contributed by atoms with E-state index in [1.807, 2.05) is 0 Å². The van der Waals surface area contributed by atoms with Crippen molar-refractivity contribution in [3.63, 3.8) is 0 Å². The molecule has 1 aromatic carbocycles. The number of rotatable bonds is 10. The van der Waals surface area contributed by atoms with E-state index < -0.39 is 0 Å². The maximum atomic E-state index is 12.5. The van der Waals surface area contributed by atoms with E-state index in [1.54, 1.807) is 31.4 Å². The average Bonchev–Trinajstić information content (AvgIpc) is 3.57. The third-order valence-corrected chi connectivity index (χ3v) is 6.78. The van der Waals surface area contributed by atoms with Crippen molar-refractivity contribution < 1.29 is 28.5 Å². The molecule has 0 radical (unpaired) electrons. The zero-order valence-corrected chi connectivity index (χ0v) is 18.8. The van der Waals surface area contributed by atoms with Crippen molar-refractivity contribution in [3.8, 4) is 11.5 Å². The summed E-state index contributed by atoms with van der Waals surface area (Å²) in [4.78, 5) is 12.5. The molecule has 0 amide bonds. The quantitative estimate of drug-likeness (QED) is 0.227. The van der Waals surface area contributed by atoms with Crippen molar-refractivity contribution in [1.29, 1.82) is 0 Å². The van der Waals surface area contributed by atoms with E-state index in [0.29, 0.717) is 23.9 Å². The lowest BCUT2D eigenvalue weighted by atomic mass is 9.87. The molecule has 4 atom stereocenters. The number of epoxide rings is 1. The van der Waals surface area contributed by atoms with Gasteiger partial charge in [0.05, 0.1) is 37.9 Å². The smallest absolute Gasteiger partial charge is 0.314 e. The van der Waals surface area contributed by atoms with E-state index in [4.69, 9.17) is 23.7 Å². The van der Waals surface area contributed by atoms with Crippen LogP contribution in [0.1, 0.15) is 64.7 Å². The Morgan fingerprint density at radius 1 is 1.03 bits per heavy atom. The van der Waals surface area contributed by atoms with Gasteiger partial charge in [-0.3, -0.25) is 4.79 Å². The van der Waals surface area contributed by atoms with Gasteiger partial charge in [0.15, 0.2) is 6.29 Å². The van der Waals surface area contributed by atoms with Crippen molar-refractivity contribution >= 4 is 5.97 Å². The Hall–Kier alpha value is -1.63. The maximum Gasteiger partial charge on any atom is 0.314 e. The number of carbonyl (C=O) groups is 1. The first-order chi connectivity index (χ1) is 15.1. The lowest BCUT2D eigenvalue weighted by Crippen LogP contribution is -2.33. The number of hydrogen-bond acceptors (Lipinski definition) is 6. The SMILES string of the molecule is CCCC(OCC1CCC2OC2C1)OC1CCC(C(=O)Oc2ccc(OC)cc2)CC1. The molecule has 1 aromatic rings. The highest BCUT2D eigenvalue weighted by Gasteiger charge is 2.44. The van der Waals surface area contributed by atoms with Gasteiger partial charge >= 0.3 is 5.97 Å². The second kappa shape index (κ2) is 10.8. The second-order valence-electron chi connectivity index (χ2n) is 9.15. The Balaban J connectivity index is 1.18. The molecule has 1 heterocycles. The molecule has 3 aliphatic rings. The Labute approximate surface area is 185 Å². The minimum absolute atomic E-state index is 0.0683. The van der Waals surface area contributed by atoms with Gasteiger partial charge in [-0.1, -0.05) is 13.3 Å². The molecule has 0 aromatic heterocycles. The van der Waals surface area contributed by atoms with Crippen LogP contribution in [-0.4, -0.2) is 44.3 Å². The molecule has 4 unspecified atom stereocenters. The van der Waals surface area contributed by atoms with Crippen molar-refractivity contribution in [2.45, 2.75) is 89.3 Å². The fourth-order valence-corrected chi connectivity index (χ4v) is 4.80. The summed E-state index contributed by atoms with van der Waals surface area (Å²) < 4.78 is 28.8. The average molecular weight is 433 g/mol. The Bertz CT molecular complexity index is 696. The minimum Gasteiger partial charge on any atom is -0.497 e. The predicted molar refractivity (Wildman–Crippen MR) is 116 cm³/mol. The van der Waals surface area contributed by atoms with E-state index >= 15 is 0 Å². The van der Waals surface area contributed by atoms with Crippen LogP contribution in [0, 0.1) is 11.8 Å². The number of carbonyl (C=O) groups excluding carboxylic acids is 1. The van der Waals surface area contributed by atoms with E-state index in [9.17, 15) is 4.79 Å². The van der Waals surface area contributed by atoms with Gasteiger partial charge in [0, 0.05) is 0 Å². The van der Waals surface area contributed by atoms with Crippen molar-refractivity contribution in [2.24, 2.45) is 11.8 Å². The summed E-state index contributed by atoms with van der Waals surface area (Å²) in [5.74, 6) is 1.68. The maximum absolute atomic E-state index is 12.5. The Kier molecular flexibility index (Phi) is 7.86. The molecule has 2 aliphatic carbocycles. The summed E-state index contributed by atoms with van der Waals surface area (Å²) in [6.07, 6.45) is 9.80. The first-order valence-electron chi connectivity index (χ1n) is 11.9. The first kappa shape index (κ1) is 22.6. The molecule has 0 bridgehead atoms. The highest BCUT2D eigenvalue weighted by Crippen LogP contribution is 2.39. The van der Waals surface area contributed by atoms with Crippen LogP contribution < -0.4 is 9.47 Å². The minimum atomic E-state index is -0.150. The lowest BCUT2D eigenvalue weighted by molar-refractivity contribution is -0.188. The summed E-state index contributed by atoms with van der Waals surface area (Å²) in [7, 11) is 1.62. The second-order valence-corrected chi connectivity index (χ2v) is 9.15. The van der Waals surface area contributed by atoms with Gasteiger partial charge in [0.2, 0.25) is 0 Å². The van der Waals surface area contributed by atoms with Crippen LogP contribution in [0.3, 0.4) is 0 Å². The van der Waals surface area contributed by atoms with E-state index in [1.165, 1.54) is 12.8 Å². The fraction of sp³-hybridized carbons (Fsp3) is 0.720. The summed E-state index contributed by atoms with van der Waals surface area (Å²) in [5.41, 5.74) is 0. The molecule has 1 saturated heterocycles. The summed E-state index contributed by atoms with van der Waals surface area (Å²) >= 11 is 0. The number of ether oxygens (including phenoxy) is 5. The van der Waals surface area contributed by atoms with Crippen LogP contribution >= 0.6 is 0 Å². The third-order valence-electron chi connectivity index (χ3n) is 6.78. The van der Waals surface area contributed by atoms with Crippen molar-refractivity contribution in [3.05, 3.63) is 24.3 Å². The van der Waals surface area contributed by atoms with Crippen LogP contribution in [0.5, 0.6) is 11.5 Å². The van der Waals surface area contributed by atoms with Gasteiger partial charge in [-0.15, -0.1) is 0 Å². The molecular weight excluding hydrogens is 396 g/mol. The molecule has 31 heavy (non-hydrogen) atoms. The normalized spacial score (nSPS) is 30.8. The zero-order chi connectivity index (χ0) is 21.6. The summed E-state index contributed by atoms with van der Waals surface area (Å²) in [6.45, 7) is 2.93. The summed E-state index contributed by atoms with van der Waals surface area (Å²) in [6, 6.07) is 7.12. The Morgan fingerprint density at radius 3 is 2.45 bits per heavy atom. The predicted octanol–water partition coefficient (Wildman–Crippen LogP) is 4.89. The standard InChI is InChI=1S/C25H36O6/c1-3-4-24(28-16-17-5-14-22-23(15-17)31-22)29-20-8-6-18(7-9-20)25(26)30-21-12-10-19(27-2)11-13-21/h10-13,17-18,20,22-24H,3-9,14-16H2,1-2H3. The van der Waals surface area contributed by atoms with E-state index in [-0.39, 0.29) is 24.3 Å². The monoisotopic (exact) mass is 432 g/mol. The van der Waals surface area contributed by atoms with Crippen molar-refractivity contribution in [2.75, 3.05) is 13.7 Å². The topological polar surface area (TPSA) is 66.5 Å². The van der Waals surface area contributed by atoms with Gasteiger partial charge < -0.3 is 23.7 Å². The highest BCUT2D eigenvalue weighted by atomic mass is 16.7.